The first-order chi connectivity index (χ1) is 10.3. The molecular formula is C16H18O5Se. The number of benzene rings is 1. The Morgan fingerprint density at radius 3 is 2.27 bits per heavy atom. The summed E-state index contributed by atoms with van der Waals surface area (Å²) in [6.07, 6.45) is -0.00181. The topological polar surface area (TPSA) is 72.8 Å². The summed E-state index contributed by atoms with van der Waals surface area (Å²) in [5, 5.41) is 10.1. The van der Waals surface area contributed by atoms with Crippen molar-refractivity contribution in [1.82, 2.24) is 0 Å². The van der Waals surface area contributed by atoms with E-state index in [4.69, 9.17) is 14.6 Å². The van der Waals surface area contributed by atoms with Gasteiger partial charge in [0.1, 0.15) is 0 Å². The number of hydrogen-bond donors (Lipinski definition) is 1. The van der Waals surface area contributed by atoms with Crippen LogP contribution in [0.5, 0.6) is 11.5 Å². The third-order valence-electron chi connectivity index (χ3n) is 3.48. The summed E-state index contributed by atoms with van der Waals surface area (Å²) < 4.78 is 12.3. The fourth-order valence-electron chi connectivity index (χ4n) is 2.07. The molecule has 0 aliphatic rings. The molecule has 0 amide bonds. The van der Waals surface area contributed by atoms with Gasteiger partial charge in [0.15, 0.2) is 0 Å². The minimum atomic E-state index is -1.06. The first-order valence-electron chi connectivity index (χ1n) is 6.70. The third kappa shape index (κ3) is 3.18. The van der Waals surface area contributed by atoms with Gasteiger partial charge in [-0.25, -0.2) is 0 Å². The molecule has 2 rings (SSSR count). The maximum absolute atomic E-state index is 12.4. The number of carbonyl (C=O) groups is 2. The number of carbonyl (C=O) groups excluding carboxylic acids is 1. The number of ether oxygens (including phenoxy) is 2. The molecule has 22 heavy (non-hydrogen) atoms. The Hall–Kier alpha value is -1.78. The van der Waals surface area contributed by atoms with E-state index in [0.717, 1.165) is 9.65 Å². The van der Waals surface area contributed by atoms with Crippen molar-refractivity contribution in [2.45, 2.75) is 20.3 Å². The zero-order chi connectivity index (χ0) is 16.5. The molecule has 1 N–H and O–H groups in total. The van der Waals surface area contributed by atoms with Crippen LogP contribution in [-0.4, -0.2) is 45.6 Å². The van der Waals surface area contributed by atoms with Gasteiger partial charge in [-0.15, -0.1) is 0 Å². The second-order valence-corrected chi connectivity index (χ2v) is 7.92. The van der Waals surface area contributed by atoms with Crippen LogP contribution in [-0.2, 0) is 4.79 Å². The van der Waals surface area contributed by atoms with Gasteiger partial charge in [-0.05, 0) is 0 Å². The first-order valence-corrected chi connectivity index (χ1v) is 8.42. The van der Waals surface area contributed by atoms with Crippen molar-refractivity contribution in [3.63, 3.8) is 0 Å². The molecule has 2 aromatic rings. The summed E-state index contributed by atoms with van der Waals surface area (Å²) in [7, 11) is 3.14. The van der Waals surface area contributed by atoms with E-state index in [2.05, 4.69) is 0 Å². The van der Waals surface area contributed by atoms with Crippen molar-refractivity contribution in [3.05, 3.63) is 22.6 Å². The van der Waals surface area contributed by atoms with Gasteiger partial charge in [-0.1, -0.05) is 0 Å². The molecular weight excluding hydrogens is 351 g/mol. The summed E-state index contributed by atoms with van der Waals surface area (Å²) in [6, 6.07) is 5.56. The van der Waals surface area contributed by atoms with Crippen molar-refractivity contribution in [2.75, 3.05) is 14.2 Å². The molecule has 6 heteroatoms. The fraction of sp³-hybridized carbons (Fsp3) is 0.375. The molecule has 0 saturated carbocycles. The van der Waals surface area contributed by atoms with Crippen LogP contribution in [0.4, 0.5) is 0 Å². The van der Waals surface area contributed by atoms with Crippen LogP contribution < -0.4 is 9.47 Å². The summed E-state index contributed by atoms with van der Waals surface area (Å²) >= 11 is -0.138. The van der Waals surface area contributed by atoms with Crippen molar-refractivity contribution in [1.29, 1.82) is 0 Å². The molecule has 0 spiro atoms. The van der Waals surface area contributed by atoms with Crippen LogP contribution >= 0.6 is 0 Å². The molecule has 1 aromatic carbocycles. The zero-order valence-electron chi connectivity index (χ0n) is 12.9. The van der Waals surface area contributed by atoms with Crippen LogP contribution in [0.15, 0.2) is 18.2 Å². The predicted molar refractivity (Wildman–Crippen MR) is 84.4 cm³/mol. The molecule has 5 nitrogen and oxygen atoms in total. The van der Waals surface area contributed by atoms with E-state index in [-0.39, 0.29) is 26.7 Å². The van der Waals surface area contributed by atoms with E-state index < -0.39 is 11.4 Å². The SMILES string of the molecule is COc1cc2cc(C(=O)CC(C)(C)C(=O)O)[se]c2cc1OC. The Morgan fingerprint density at radius 2 is 1.73 bits per heavy atom. The standard InChI is InChI=1S/C16H18O5Se/c1-16(2,15(18)19)8-10(17)14-6-9-5-11(20-3)12(21-4)7-13(9)22-14/h5-7H,8H2,1-4H3,(H,18,19). The number of aliphatic carboxylic acids is 1. The van der Waals surface area contributed by atoms with E-state index in [0.29, 0.717) is 15.9 Å². The average Bonchev–Trinajstić information content (AvgIpc) is 2.87. The Labute approximate surface area is 134 Å². The van der Waals surface area contributed by atoms with E-state index >= 15 is 0 Å². The molecule has 118 valence electrons. The van der Waals surface area contributed by atoms with Crippen molar-refractivity contribution in [3.8, 4) is 11.5 Å². The Kier molecular flexibility index (Phi) is 4.63. The van der Waals surface area contributed by atoms with E-state index in [9.17, 15) is 9.59 Å². The number of Topliss-reactive ketones (excluding diaryl/α,β-unsaturated/α-hetero) is 1. The van der Waals surface area contributed by atoms with Gasteiger partial charge in [0.05, 0.1) is 0 Å². The average molecular weight is 369 g/mol. The van der Waals surface area contributed by atoms with Crippen LogP contribution in [0.3, 0.4) is 0 Å². The van der Waals surface area contributed by atoms with Crippen LogP contribution in [0, 0.1) is 5.41 Å². The molecule has 0 aliphatic carbocycles. The number of fused-ring (bicyclic) bond motifs is 1. The Balaban J connectivity index is 2.37. The van der Waals surface area contributed by atoms with Gasteiger partial charge in [-0.3, -0.25) is 0 Å². The van der Waals surface area contributed by atoms with E-state index in [1.54, 1.807) is 28.1 Å². The van der Waals surface area contributed by atoms with Crippen LogP contribution in [0.25, 0.3) is 9.65 Å². The molecule has 0 fully saturated rings. The minimum absolute atomic E-state index is 0.00181. The molecule has 0 bridgehead atoms. The van der Waals surface area contributed by atoms with Crippen molar-refractivity contribution in [2.24, 2.45) is 5.41 Å². The number of carboxylic acids is 1. The van der Waals surface area contributed by atoms with Gasteiger partial charge in [0.25, 0.3) is 0 Å². The number of methoxy groups -OCH3 is 2. The van der Waals surface area contributed by atoms with Crippen molar-refractivity contribution < 1.29 is 24.2 Å². The van der Waals surface area contributed by atoms with Gasteiger partial charge in [-0.2, -0.15) is 0 Å². The Bertz CT molecular complexity index is 688. The summed E-state index contributed by atoms with van der Waals surface area (Å²) in [5.41, 5.74) is -1.06. The summed E-state index contributed by atoms with van der Waals surface area (Å²) in [5.74, 6) is 0.179. The van der Waals surface area contributed by atoms with E-state index in [1.807, 2.05) is 18.2 Å². The molecule has 1 aromatic heterocycles. The van der Waals surface area contributed by atoms with Gasteiger partial charge in [0.2, 0.25) is 0 Å². The van der Waals surface area contributed by atoms with Crippen LogP contribution in [0.1, 0.15) is 29.5 Å². The number of ketones is 1. The number of carboxylic acid groups (broad SMARTS) is 1. The number of hydrogen-bond acceptors (Lipinski definition) is 4. The van der Waals surface area contributed by atoms with E-state index in [1.165, 1.54) is 0 Å². The first kappa shape index (κ1) is 16.6. The van der Waals surface area contributed by atoms with Crippen molar-refractivity contribution >= 4 is 35.9 Å². The molecule has 0 unspecified atom stereocenters. The zero-order valence-corrected chi connectivity index (χ0v) is 14.6. The molecule has 0 radical (unpaired) electrons. The predicted octanol–water partition coefficient (Wildman–Crippen LogP) is 2.60. The van der Waals surface area contributed by atoms with Crippen LogP contribution in [0.2, 0.25) is 0 Å². The quantitative estimate of drug-likeness (QED) is 0.626. The molecule has 0 saturated heterocycles. The van der Waals surface area contributed by atoms with Gasteiger partial charge < -0.3 is 0 Å². The maximum atomic E-state index is 12.4. The Morgan fingerprint density at radius 1 is 1.14 bits per heavy atom. The molecule has 1 heterocycles. The van der Waals surface area contributed by atoms with Gasteiger partial charge in [0, 0.05) is 0 Å². The normalized spacial score (nSPS) is 11.5. The third-order valence-corrected chi connectivity index (χ3v) is 5.87. The second kappa shape index (κ2) is 6.15. The fourth-order valence-corrected chi connectivity index (χ4v) is 4.19. The number of rotatable bonds is 6. The summed E-state index contributed by atoms with van der Waals surface area (Å²) in [4.78, 5) is 23.5. The second-order valence-electron chi connectivity index (χ2n) is 5.64. The molecule has 0 aliphatic heterocycles. The van der Waals surface area contributed by atoms with Gasteiger partial charge >= 0.3 is 134 Å². The summed E-state index contributed by atoms with van der Waals surface area (Å²) in [6.45, 7) is 3.13. The monoisotopic (exact) mass is 370 g/mol. The molecule has 0 atom stereocenters.